The number of carbonyl (C=O) groups is 1. The SMILES string of the molecule is CS(=O)(=O)N1CCN(C(=O)c2nc(-c3cccs3)n(-c3ccc(F)cc3)n2)CC1. The van der Waals surface area contributed by atoms with Gasteiger partial charge in [0.2, 0.25) is 15.8 Å². The van der Waals surface area contributed by atoms with Crippen LogP contribution in [-0.2, 0) is 10.0 Å². The lowest BCUT2D eigenvalue weighted by Crippen LogP contribution is -2.50. The Hall–Kier alpha value is -2.63. The van der Waals surface area contributed by atoms with E-state index in [1.54, 1.807) is 17.0 Å². The normalized spacial score (nSPS) is 15.6. The average molecular weight is 436 g/mol. The number of benzene rings is 1. The summed E-state index contributed by atoms with van der Waals surface area (Å²) < 4.78 is 39.5. The molecular formula is C18H18FN5O3S2. The lowest BCUT2D eigenvalue weighted by Gasteiger charge is -2.32. The summed E-state index contributed by atoms with van der Waals surface area (Å²) in [7, 11) is -3.28. The van der Waals surface area contributed by atoms with Crippen molar-refractivity contribution < 1.29 is 17.6 Å². The van der Waals surface area contributed by atoms with Gasteiger partial charge in [-0.05, 0) is 35.7 Å². The second kappa shape index (κ2) is 7.65. The predicted molar refractivity (Wildman–Crippen MR) is 107 cm³/mol. The smallest absolute Gasteiger partial charge is 0.293 e. The summed E-state index contributed by atoms with van der Waals surface area (Å²) in [6.45, 7) is 1.01. The summed E-state index contributed by atoms with van der Waals surface area (Å²) in [4.78, 5) is 19.7. The highest BCUT2D eigenvalue weighted by Crippen LogP contribution is 2.26. The van der Waals surface area contributed by atoms with Gasteiger partial charge in [-0.1, -0.05) is 6.07 Å². The van der Waals surface area contributed by atoms with Crippen molar-refractivity contribution in [3.8, 4) is 16.4 Å². The van der Waals surface area contributed by atoms with Crippen molar-refractivity contribution in [3.05, 3.63) is 53.4 Å². The van der Waals surface area contributed by atoms with E-state index in [4.69, 9.17) is 0 Å². The number of nitrogens with zero attached hydrogens (tertiary/aromatic N) is 5. The number of hydrogen-bond donors (Lipinski definition) is 0. The third-order valence-electron chi connectivity index (χ3n) is 4.61. The fraction of sp³-hybridized carbons (Fsp3) is 0.278. The lowest BCUT2D eigenvalue weighted by molar-refractivity contribution is 0.0686. The van der Waals surface area contributed by atoms with E-state index in [9.17, 15) is 17.6 Å². The third-order valence-corrected chi connectivity index (χ3v) is 6.78. The molecule has 0 bridgehead atoms. The fourth-order valence-electron chi connectivity index (χ4n) is 3.09. The molecular weight excluding hydrogens is 417 g/mol. The molecule has 1 amide bonds. The maximum absolute atomic E-state index is 13.3. The van der Waals surface area contributed by atoms with Gasteiger partial charge in [-0.3, -0.25) is 4.79 Å². The Labute approximate surface area is 171 Å². The number of sulfonamides is 1. The average Bonchev–Trinajstić information content (AvgIpc) is 3.37. The molecule has 11 heteroatoms. The topological polar surface area (TPSA) is 88.4 Å². The van der Waals surface area contributed by atoms with Gasteiger partial charge in [0.05, 0.1) is 16.8 Å². The third kappa shape index (κ3) is 4.07. The first-order chi connectivity index (χ1) is 13.8. The number of piperazine rings is 1. The van der Waals surface area contributed by atoms with Gasteiger partial charge in [0.15, 0.2) is 5.82 Å². The molecule has 3 aromatic rings. The second-order valence-corrected chi connectivity index (χ2v) is 9.51. The van der Waals surface area contributed by atoms with E-state index in [1.807, 2.05) is 17.5 Å². The molecule has 0 saturated carbocycles. The zero-order valence-corrected chi connectivity index (χ0v) is 17.2. The number of halogens is 1. The number of rotatable bonds is 4. The van der Waals surface area contributed by atoms with Crippen molar-refractivity contribution in [1.82, 2.24) is 24.0 Å². The molecule has 0 aliphatic carbocycles. The van der Waals surface area contributed by atoms with E-state index >= 15 is 0 Å². The van der Waals surface area contributed by atoms with Crippen LogP contribution in [0.25, 0.3) is 16.4 Å². The zero-order valence-electron chi connectivity index (χ0n) is 15.5. The van der Waals surface area contributed by atoms with Crippen molar-refractivity contribution in [3.63, 3.8) is 0 Å². The van der Waals surface area contributed by atoms with Crippen molar-refractivity contribution in [2.24, 2.45) is 0 Å². The Balaban J connectivity index is 1.64. The van der Waals surface area contributed by atoms with Crippen LogP contribution in [0.4, 0.5) is 4.39 Å². The second-order valence-electron chi connectivity index (χ2n) is 6.58. The van der Waals surface area contributed by atoms with Crippen LogP contribution in [0.3, 0.4) is 0 Å². The minimum Gasteiger partial charge on any atom is -0.333 e. The molecule has 1 aromatic carbocycles. The maximum atomic E-state index is 13.3. The first kappa shape index (κ1) is 19.7. The minimum atomic E-state index is -3.28. The lowest BCUT2D eigenvalue weighted by atomic mass is 10.3. The number of carbonyl (C=O) groups excluding carboxylic acids is 1. The van der Waals surface area contributed by atoms with Crippen LogP contribution in [0.5, 0.6) is 0 Å². The molecule has 1 fully saturated rings. The zero-order chi connectivity index (χ0) is 20.6. The molecule has 1 saturated heterocycles. The van der Waals surface area contributed by atoms with Gasteiger partial charge in [0.1, 0.15) is 5.82 Å². The Bertz CT molecular complexity index is 1120. The summed E-state index contributed by atoms with van der Waals surface area (Å²) in [6.07, 6.45) is 1.16. The number of amides is 1. The molecule has 0 radical (unpaired) electrons. The summed E-state index contributed by atoms with van der Waals surface area (Å²) in [6, 6.07) is 9.52. The Morgan fingerprint density at radius 3 is 2.38 bits per heavy atom. The Kier molecular flexibility index (Phi) is 5.19. The van der Waals surface area contributed by atoms with Crippen molar-refractivity contribution in [1.29, 1.82) is 0 Å². The number of thiophene rings is 1. The summed E-state index contributed by atoms with van der Waals surface area (Å²) >= 11 is 1.46. The van der Waals surface area contributed by atoms with Crippen molar-refractivity contribution in [2.45, 2.75) is 0 Å². The number of hydrogen-bond acceptors (Lipinski definition) is 6. The highest BCUT2D eigenvalue weighted by molar-refractivity contribution is 7.88. The highest BCUT2D eigenvalue weighted by atomic mass is 32.2. The summed E-state index contributed by atoms with van der Waals surface area (Å²) in [5.41, 5.74) is 0.586. The first-order valence-corrected chi connectivity index (χ1v) is 11.6. The Morgan fingerprint density at radius 2 is 1.79 bits per heavy atom. The van der Waals surface area contributed by atoms with Crippen LogP contribution in [0, 0.1) is 5.82 Å². The standard InChI is InChI=1S/C18H18FN5O3S2/c1-29(26,27)23-10-8-22(9-11-23)18(25)16-20-17(15-3-2-12-28-15)24(21-16)14-6-4-13(19)5-7-14/h2-7,12H,8-11H2,1H3. The van der Waals surface area contributed by atoms with E-state index < -0.39 is 10.0 Å². The van der Waals surface area contributed by atoms with E-state index in [0.717, 1.165) is 11.1 Å². The van der Waals surface area contributed by atoms with Crippen molar-refractivity contribution in [2.75, 3.05) is 32.4 Å². The maximum Gasteiger partial charge on any atom is 0.293 e. The highest BCUT2D eigenvalue weighted by Gasteiger charge is 2.29. The first-order valence-electron chi connectivity index (χ1n) is 8.84. The van der Waals surface area contributed by atoms with Crippen molar-refractivity contribution >= 4 is 27.3 Å². The molecule has 29 heavy (non-hydrogen) atoms. The molecule has 8 nitrogen and oxygen atoms in total. The monoisotopic (exact) mass is 435 g/mol. The van der Waals surface area contributed by atoms with Crippen LogP contribution in [0.2, 0.25) is 0 Å². The minimum absolute atomic E-state index is 0.0190. The van der Waals surface area contributed by atoms with Crippen LogP contribution in [-0.4, -0.2) is 70.7 Å². The molecule has 2 aromatic heterocycles. The van der Waals surface area contributed by atoms with Gasteiger partial charge >= 0.3 is 0 Å². The molecule has 0 N–H and O–H groups in total. The molecule has 1 aliphatic rings. The Morgan fingerprint density at radius 1 is 1.10 bits per heavy atom. The van der Waals surface area contributed by atoms with E-state index in [0.29, 0.717) is 11.5 Å². The van der Waals surface area contributed by atoms with Gasteiger partial charge in [0.25, 0.3) is 5.91 Å². The van der Waals surface area contributed by atoms with Crippen LogP contribution in [0.15, 0.2) is 41.8 Å². The van der Waals surface area contributed by atoms with Gasteiger partial charge in [-0.15, -0.1) is 16.4 Å². The van der Waals surface area contributed by atoms with Crippen LogP contribution >= 0.6 is 11.3 Å². The van der Waals surface area contributed by atoms with Gasteiger partial charge in [-0.2, -0.15) is 4.31 Å². The summed E-state index contributed by atoms with van der Waals surface area (Å²) in [5, 5.41) is 6.27. The predicted octanol–water partition coefficient (Wildman–Crippen LogP) is 1.85. The van der Waals surface area contributed by atoms with Gasteiger partial charge < -0.3 is 4.90 Å². The quantitative estimate of drug-likeness (QED) is 0.624. The molecule has 4 rings (SSSR count). The van der Waals surface area contributed by atoms with Gasteiger partial charge in [0, 0.05) is 26.2 Å². The molecule has 152 valence electrons. The van der Waals surface area contributed by atoms with Crippen LogP contribution < -0.4 is 0 Å². The molecule has 1 aliphatic heterocycles. The van der Waals surface area contributed by atoms with E-state index in [-0.39, 0.29) is 43.7 Å². The fourth-order valence-corrected chi connectivity index (χ4v) is 4.62. The van der Waals surface area contributed by atoms with E-state index in [1.165, 1.54) is 32.5 Å². The molecule has 0 atom stereocenters. The molecule has 3 heterocycles. The van der Waals surface area contributed by atoms with Crippen LogP contribution in [0.1, 0.15) is 10.6 Å². The van der Waals surface area contributed by atoms with E-state index in [2.05, 4.69) is 10.1 Å². The largest absolute Gasteiger partial charge is 0.333 e. The van der Waals surface area contributed by atoms with Gasteiger partial charge in [-0.25, -0.2) is 22.5 Å². The molecule has 0 spiro atoms. The summed E-state index contributed by atoms with van der Waals surface area (Å²) in [5.74, 6) is -0.223. The number of aromatic nitrogens is 3. The molecule has 0 unspecified atom stereocenters.